The molecule has 0 saturated carbocycles. The second-order valence-corrected chi connectivity index (χ2v) is 14.3. The molecule has 0 bridgehead atoms. The Labute approximate surface area is 286 Å². The second kappa shape index (κ2) is 46.4. The van der Waals surface area contributed by atoms with Gasteiger partial charge in [0.05, 0.1) is 0 Å². The summed E-state index contributed by atoms with van der Waals surface area (Å²) in [6, 6.07) is 0. The fraction of sp³-hybridized carbons (Fsp3) is 0.944. The normalized spacial score (nSPS) is 10.5. The second-order valence-electron chi connectivity index (χ2n) is 12.4. The van der Waals surface area contributed by atoms with Crippen LogP contribution in [0.15, 0.2) is 0 Å². The summed E-state index contributed by atoms with van der Waals surface area (Å²) in [6.45, 7) is 4.53. The minimum absolute atomic E-state index is 0.234. The van der Waals surface area contributed by atoms with Crippen molar-refractivity contribution >= 4 is 45.2 Å². The number of hydrogen-bond donors (Lipinski definition) is 0. The molecule has 0 fully saturated rings. The molecule has 0 amide bonds. The molecule has 0 rings (SSSR count). The Kier molecular flexibility index (Phi) is 51.1. The average molecular weight is 639 g/mol. The van der Waals surface area contributed by atoms with Crippen LogP contribution in [-0.2, 0) is 12.4 Å². The summed E-state index contributed by atoms with van der Waals surface area (Å²) in [5, 5.41) is 20.4. The molecule has 43 heavy (non-hydrogen) atoms. The Morgan fingerprint density at radius 3 is 0.698 bits per heavy atom. The van der Waals surface area contributed by atoms with Crippen LogP contribution < -0.4 is 10.2 Å². The molecule has 252 valence electrons. The first-order valence-electron chi connectivity index (χ1n) is 18.6. The topological polar surface area (TPSA) is 89.5 Å². The molecule has 0 aliphatic rings. The van der Waals surface area contributed by atoms with Crippen molar-refractivity contribution < 1.29 is 22.6 Å². The zero-order valence-electron chi connectivity index (χ0n) is 29.2. The van der Waals surface area contributed by atoms with E-state index in [1.807, 2.05) is 0 Å². The van der Waals surface area contributed by atoms with E-state index < -0.39 is 11.9 Å². The predicted octanol–water partition coefficient (Wildman–Crippen LogP) is 8.63. The fourth-order valence-electron chi connectivity index (χ4n) is 5.28. The van der Waals surface area contributed by atoms with Gasteiger partial charge >= 0.3 is 36.1 Å². The molecule has 0 spiro atoms. The molecule has 0 atom stereocenters. The third kappa shape index (κ3) is 58.1. The number of aliphatic carboxylic acids is 2. The number of carboxylic acids is 2. The van der Waals surface area contributed by atoms with Gasteiger partial charge in [0.1, 0.15) is 0 Å². The maximum absolute atomic E-state index is 10.2. The summed E-state index contributed by atoms with van der Waals surface area (Å²) in [4.78, 5) is 20.4. The number of rotatable bonds is 32. The first kappa shape index (κ1) is 47.4. The summed E-state index contributed by atoms with van der Waals surface area (Å²) in [7, 11) is 0. The van der Waals surface area contributed by atoms with Gasteiger partial charge in [0.15, 0.2) is 0 Å². The van der Waals surface area contributed by atoms with Gasteiger partial charge in [0.2, 0.25) is 0 Å². The first-order valence-corrected chi connectivity index (χ1v) is 19.9. The first-order chi connectivity index (χ1) is 21.0. The number of hydrogen-bond acceptors (Lipinski definition) is 5. The van der Waals surface area contributed by atoms with Crippen LogP contribution in [0, 0.1) is 0 Å². The molecule has 0 heterocycles. The summed E-state index contributed by atoms with van der Waals surface area (Å²) >= 11 is 2.97. The Balaban J connectivity index is -0.000000681. The van der Waals surface area contributed by atoms with Crippen molar-refractivity contribution in [3.63, 3.8) is 0 Å². The number of unbranched alkanes of at least 4 members (excludes halogenated alkanes) is 28. The zero-order chi connectivity index (χ0) is 32.5. The van der Waals surface area contributed by atoms with E-state index >= 15 is 0 Å². The van der Waals surface area contributed by atoms with Crippen LogP contribution in [0.2, 0.25) is 0 Å². The average Bonchev–Trinajstić information content (AvgIpc) is 2.97. The Morgan fingerprint density at radius 1 is 0.419 bits per heavy atom. The van der Waals surface area contributed by atoms with Crippen LogP contribution in [-0.4, -0.2) is 45.2 Å². The monoisotopic (exact) mass is 639 g/mol. The van der Waals surface area contributed by atoms with Gasteiger partial charge in [-0.25, -0.2) is 0 Å². The van der Waals surface area contributed by atoms with Gasteiger partial charge in [0, 0.05) is 11.9 Å². The van der Waals surface area contributed by atoms with E-state index in [2.05, 4.69) is 33.3 Å². The molecule has 0 N–H and O–H groups in total. The minimum atomic E-state index is -0.903. The molecular formula is C36H72Al2O5. The van der Waals surface area contributed by atoms with E-state index in [-0.39, 0.29) is 12.8 Å². The Morgan fingerprint density at radius 2 is 0.558 bits per heavy atom. The van der Waals surface area contributed by atoms with Crippen LogP contribution >= 0.6 is 0 Å². The number of carboxylic acid groups (broad SMARTS) is 2. The van der Waals surface area contributed by atoms with Crippen molar-refractivity contribution in [2.75, 3.05) is 0 Å². The van der Waals surface area contributed by atoms with Crippen molar-refractivity contribution in [1.29, 1.82) is 0 Å². The van der Waals surface area contributed by atoms with E-state index in [1.165, 1.54) is 167 Å². The van der Waals surface area contributed by atoms with Crippen LogP contribution in [0.25, 0.3) is 0 Å². The molecule has 5 nitrogen and oxygen atoms in total. The van der Waals surface area contributed by atoms with Gasteiger partial charge in [-0.05, 0) is 25.7 Å². The summed E-state index contributed by atoms with van der Waals surface area (Å²) < 4.78 is 4.31. The third-order valence-corrected chi connectivity index (χ3v) is 7.97. The SMILES string of the molecule is CCCCCCCCCCCCCCCCCC(=O)[O-].CCCCCCCCCCCCCCCCCC(=O)[O-].[Al+2][O][AlH2]. The van der Waals surface area contributed by atoms with E-state index in [4.69, 9.17) is 0 Å². The number of carbonyl (C=O) groups excluding carboxylic acids is 2. The summed E-state index contributed by atoms with van der Waals surface area (Å²) in [6.07, 6.45) is 39.7. The van der Waals surface area contributed by atoms with Gasteiger partial charge in [-0.15, -0.1) is 0 Å². The molecule has 0 saturated heterocycles. The standard InChI is InChI=1S/2C18H36O2.2Al.O.2H/c2*1-2-3-4-5-6-7-8-9-10-11-12-13-14-15-16-17-18(19)20;;;;;/h2*2-17H2,1H3,(H,19,20);;;;;/q;;;+2;;;/p-2. The molecular weight excluding hydrogens is 566 g/mol. The molecule has 0 radical (unpaired) electrons. The van der Waals surface area contributed by atoms with E-state index in [0.717, 1.165) is 42.3 Å². The fourth-order valence-corrected chi connectivity index (χ4v) is 5.28. The number of carbonyl (C=O) groups is 2. The van der Waals surface area contributed by atoms with E-state index in [1.54, 1.807) is 0 Å². The van der Waals surface area contributed by atoms with E-state index in [9.17, 15) is 19.8 Å². The van der Waals surface area contributed by atoms with Crippen LogP contribution in [0.5, 0.6) is 0 Å². The summed E-state index contributed by atoms with van der Waals surface area (Å²) in [5.41, 5.74) is 0. The molecule has 0 aromatic heterocycles. The Bertz CT molecular complexity index is 476. The zero-order valence-corrected chi connectivity index (χ0v) is 32.4. The van der Waals surface area contributed by atoms with Gasteiger partial charge in [-0.2, -0.15) is 0 Å². The van der Waals surface area contributed by atoms with Crippen molar-refractivity contribution in [2.45, 2.75) is 219 Å². The van der Waals surface area contributed by atoms with E-state index in [0.29, 0.717) is 0 Å². The van der Waals surface area contributed by atoms with Crippen molar-refractivity contribution in [3.8, 4) is 0 Å². The van der Waals surface area contributed by atoms with Crippen LogP contribution in [0.3, 0.4) is 0 Å². The molecule has 0 aliphatic heterocycles. The quantitative estimate of drug-likeness (QED) is 0.0544. The molecule has 0 unspecified atom stereocenters. The maximum atomic E-state index is 10.2. The van der Waals surface area contributed by atoms with Gasteiger partial charge in [-0.1, -0.05) is 194 Å². The summed E-state index contributed by atoms with van der Waals surface area (Å²) in [5.74, 6) is -1.81. The van der Waals surface area contributed by atoms with Crippen molar-refractivity contribution in [1.82, 2.24) is 0 Å². The van der Waals surface area contributed by atoms with Gasteiger partial charge in [-0.3, -0.25) is 0 Å². The van der Waals surface area contributed by atoms with Crippen LogP contribution in [0.4, 0.5) is 0 Å². The van der Waals surface area contributed by atoms with Crippen molar-refractivity contribution in [2.24, 2.45) is 0 Å². The molecule has 0 aromatic carbocycles. The van der Waals surface area contributed by atoms with Crippen LogP contribution in [0.1, 0.15) is 219 Å². The molecule has 0 aromatic rings. The van der Waals surface area contributed by atoms with Gasteiger partial charge in [0.25, 0.3) is 0 Å². The third-order valence-electron chi connectivity index (χ3n) is 7.97. The molecule has 7 heteroatoms. The van der Waals surface area contributed by atoms with Gasteiger partial charge < -0.3 is 19.8 Å². The van der Waals surface area contributed by atoms with Crippen molar-refractivity contribution in [3.05, 3.63) is 0 Å². The predicted molar refractivity (Wildman–Crippen MR) is 184 cm³/mol. The Hall–Kier alpha value is -0.0351. The molecule has 0 aliphatic carbocycles.